The monoisotopic (exact) mass is 344 g/mol. The van der Waals surface area contributed by atoms with Gasteiger partial charge in [0.25, 0.3) is 5.91 Å². The molecule has 0 bridgehead atoms. The van der Waals surface area contributed by atoms with Crippen molar-refractivity contribution in [3.63, 3.8) is 0 Å². The third-order valence-corrected chi connectivity index (χ3v) is 4.70. The number of hydrogen-bond donors (Lipinski definition) is 2. The number of piperidine rings is 1. The van der Waals surface area contributed by atoms with Crippen molar-refractivity contribution in [2.75, 3.05) is 13.1 Å². The second-order valence-corrected chi connectivity index (χ2v) is 6.65. The molecule has 0 spiro atoms. The number of nitrogens with one attached hydrogen (secondary N) is 1. The van der Waals surface area contributed by atoms with Gasteiger partial charge in [0.2, 0.25) is 5.91 Å². The van der Waals surface area contributed by atoms with Crippen LogP contribution in [-0.4, -0.2) is 49.8 Å². The summed E-state index contributed by atoms with van der Waals surface area (Å²) in [7, 11) is 0. The summed E-state index contributed by atoms with van der Waals surface area (Å²) in [6.07, 6.45) is 2.33. The lowest BCUT2D eigenvalue weighted by Gasteiger charge is -2.32. The average Bonchev–Trinajstić information content (AvgIpc) is 3.19. The lowest BCUT2D eigenvalue weighted by molar-refractivity contribution is -0.132. The van der Waals surface area contributed by atoms with Crippen molar-refractivity contribution in [3.05, 3.63) is 34.9 Å². The summed E-state index contributed by atoms with van der Waals surface area (Å²) >= 11 is 0. The number of nitrogens with zero attached hydrogens (tertiary/aromatic N) is 4. The normalized spacial score (nSPS) is 17.7. The third kappa shape index (κ3) is 3.89. The zero-order valence-corrected chi connectivity index (χ0v) is 14.7. The van der Waals surface area contributed by atoms with Gasteiger partial charge in [0.15, 0.2) is 0 Å². The van der Waals surface area contributed by atoms with E-state index < -0.39 is 5.91 Å². The average molecular weight is 344 g/mol. The molecule has 1 fully saturated rings. The van der Waals surface area contributed by atoms with Gasteiger partial charge in [-0.1, -0.05) is 0 Å². The zero-order valence-electron chi connectivity index (χ0n) is 14.7. The van der Waals surface area contributed by atoms with E-state index in [0.717, 1.165) is 36.5 Å². The summed E-state index contributed by atoms with van der Waals surface area (Å²) in [6, 6.07) is 3.70. The van der Waals surface area contributed by atoms with Gasteiger partial charge in [0.1, 0.15) is 5.69 Å². The number of aromatic amines is 1. The number of carbonyl (C=O) groups excluding carboxylic acids is 2. The van der Waals surface area contributed by atoms with Crippen LogP contribution in [-0.2, 0) is 11.3 Å². The third-order valence-electron chi connectivity index (χ3n) is 4.70. The van der Waals surface area contributed by atoms with Crippen molar-refractivity contribution in [3.8, 4) is 0 Å². The maximum absolute atomic E-state index is 12.6. The van der Waals surface area contributed by atoms with Crippen molar-refractivity contribution in [1.29, 1.82) is 0 Å². The van der Waals surface area contributed by atoms with Gasteiger partial charge in [-0.2, -0.15) is 10.2 Å². The van der Waals surface area contributed by atoms with Crippen LogP contribution in [0.2, 0.25) is 0 Å². The first-order valence-corrected chi connectivity index (χ1v) is 8.58. The largest absolute Gasteiger partial charge is 0.364 e. The highest BCUT2D eigenvalue weighted by Crippen LogP contribution is 2.26. The Morgan fingerprint density at radius 3 is 2.80 bits per heavy atom. The lowest BCUT2D eigenvalue weighted by atomic mass is 9.94. The van der Waals surface area contributed by atoms with Gasteiger partial charge in [-0.3, -0.25) is 19.4 Å². The van der Waals surface area contributed by atoms with E-state index in [9.17, 15) is 9.59 Å². The lowest BCUT2D eigenvalue weighted by Crippen LogP contribution is -2.39. The van der Waals surface area contributed by atoms with Gasteiger partial charge in [-0.15, -0.1) is 0 Å². The van der Waals surface area contributed by atoms with Crippen LogP contribution < -0.4 is 5.73 Å². The molecular formula is C17H24N6O2. The number of aromatic nitrogens is 4. The first-order chi connectivity index (χ1) is 11.9. The number of hydrogen-bond acceptors (Lipinski definition) is 4. The number of amides is 2. The van der Waals surface area contributed by atoms with Gasteiger partial charge >= 0.3 is 0 Å². The Morgan fingerprint density at radius 2 is 2.16 bits per heavy atom. The molecule has 25 heavy (non-hydrogen) atoms. The van der Waals surface area contributed by atoms with E-state index in [1.54, 1.807) is 6.07 Å². The Kier molecular flexibility index (Phi) is 4.87. The first-order valence-electron chi connectivity index (χ1n) is 8.58. The highest BCUT2D eigenvalue weighted by molar-refractivity contribution is 5.90. The molecule has 0 unspecified atom stereocenters. The molecule has 0 aromatic carbocycles. The van der Waals surface area contributed by atoms with Crippen molar-refractivity contribution >= 4 is 11.8 Å². The number of aryl methyl sites for hydroxylation is 3. The molecule has 1 saturated heterocycles. The van der Waals surface area contributed by atoms with Crippen LogP contribution in [0.4, 0.5) is 0 Å². The van der Waals surface area contributed by atoms with Crippen molar-refractivity contribution in [1.82, 2.24) is 24.9 Å². The van der Waals surface area contributed by atoms with Crippen LogP contribution in [0, 0.1) is 13.8 Å². The Bertz CT molecular complexity index is 778. The SMILES string of the molecule is Cc1cc(C)n(CCC(=O)N2CCC[C@@H](c3cc(C(N)=O)n[nH]3)C2)n1. The van der Waals surface area contributed by atoms with E-state index >= 15 is 0 Å². The molecule has 2 aromatic rings. The number of carbonyl (C=O) groups is 2. The van der Waals surface area contributed by atoms with E-state index in [2.05, 4.69) is 15.3 Å². The second kappa shape index (κ2) is 7.08. The minimum Gasteiger partial charge on any atom is -0.364 e. The van der Waals surface area contributed by atoms with Crippen LogP contribution in [0.25, 0.3) is 0 Å². The maximum atomic E-state index is 12.6. The van der Waals surface area contributed by atoms with Crippen molar-refractivity contribution in [2.24, 2.45) is 5.73 Å². The van der Waals surface area contributed by atoms with E-state index in [4.69, 9.17) is 5.73 Å². The summed E-state index contributed by atoms with van der Waals surface area (Å²) < 4.78 is 1.88. The van der Waals surface area contributed by atoms with Crippen LogP contribution in [0.15, 0.2) is 12.1 Å². The Morgan fingerprint density at radius 1 is 1.36 bits per heavy atom. The van der Waals surface area contributed by atoms with E-state index in [1.807, 2.05) is 29.5 Å². The predicted octanol–water partition coefficient (Wildman–Crippen LogP) is 1.12. The highest BCUT2D eigenvalue weighted by atomic mass is 16.2. The number of nitrogens with two attached hydrogens (primary N) is 1. The molecule has 1 aliphatic rings. The van der Waals surface area contributed by atoms with Crippen LogP contribution in [0.1, 0.15) is 52.8 Å². The van der Waals surface area contributed by atoms with Gasteiger partial charge in [-0.25, -0.2) is 0 Å². The van der Waals surface area contributed by atoms with E-state index in [0.29, 0.717) is 19.5 Å². The number of H-pyrrole nitrogens is 1. The highest BCUT2D eigenvalue weighted by Gasteiger charge is 2.26. The Labute approximate surface area is 146 Å². The van der Waals surface area contributed by atoms with E-state index in [1.165, 1.54) is 0 Å². The molecule has 0 saturated carbocycles. The van der Waals surface area contributed by atoms with Gasteiger partial charge in [0, 0.05) is 43.4 Å². The fraction of sp³-hybridized carbons (Fsp3) is 0.529. The maximum Gasteiger partial charge on any atom is 0.269 e. The summed E-state index contributed by atoms with van der Waals surface area (Å²) in [6.45, 7) is 5.94. The molecule has 1 aliphatic heterocycles. The van der Waals surface area contributed by atoms with Crippen LogP contribution >= 0.6 is 0 Å². The molecular weight excluding hydrogens is 320 g/mol. The first kappa shape index (κ1) is 17.2. The minimum absolute atomic E-state index is 0.131. The Balaban J connectivity index is 1.59. The van der Waals surface area contributed by atoms with Gasteiger partial charge in [-0.05, 0) is 38.8 Å². The van der Waals surface area contributed by atoms with Gasteiger partial charge < -0.3 is 10.6 Å². The predicted molar refractivity (Wildman–Crippen MR) is 92.0 cm³/mol. The fourth-order valence-electron chi connectivity index (χ4n) is 3.39. The fourth-order valence-corrected chi connectivity index (χ4v) is 3.39. The van der Waals surface area contributed by atoms with E-state index in [-0.39, 0.29) is 17.5 Å². The molecule has 3 N–H and O–H groups in total. The molecule has 3 rings (SSSR count). The molecule has 1 atom stereocenters. The van der Waals surface area contributed by atoms with Gasteiger partial charge in [0.05, 0.1) is 5.69 Å². The smallest absolute Gasteiger partial charge is 0.269 e. The summed E-state index contributed by atoms with van der Waals surface area (Å²) in [4.78, 5) is 25.6. The molecule has 2 aromatic heterocycles. The second-order valence-electron chi connectivity index (χ2n) is 6.65. The number of rotatable bonds is 5. The molecule has 0 radical (unpaired) electrons. The summed E-state index contributed by atoms with van der Waals surface area (Å²) in [5, 5.41) is 11.2. The van der Waals surface area contributed by atoms with Crippen LogP contribution in [0.3, 0.4) is 0 Å². The van der Waals surface area contributed by atoms with Crippen molar-refractivity contribution in [2.45, 2.75) is 45.6 Å². The topological polar surface area (TPSA) is 110 Å². The summed E-state index contributed by atoms with van der Waals surface area (Å²) in [5.74, 6) is -0.255. The zero-order chi connectivity index (χ0) is 18.0. The molecule has 8 heteroatoms. The number of likely N-dealkylation sites (tertiary alicyclic amines) is 1. The summed E-state index contributed by atoms with van der Waals surface area (Å²) in [5.41, 5.74) is 8.38. The number of primary amides is 1. The Hall–Kier alpha value is -2.64. The molecule has 8 nitrogen and oxygen atoms in total. The van der Waals surface area contributed by atoms with Crippen molar-refractivity contribution < 1.29 is 9.59 Å². The minimum atomic E-state index is -0.545. The van der Waals surface area contributed by atoms with Crippen LogP contribution in [0.5, 0.6) is 0 Å². The molecule has 134 valence electrons. The molecule has 3 heterocycles. The molecule has 0 aliphatic carbocycles. The quantitative estimate of drug-likeness (QED) is 0.847. The standard InChI is InChI=1S/C17H24N6O2/c1-11-8-12(2)23(21-11)7-5-16(24)22-6-3-4-13(10-22)14-9-15(17(18)25)20-19-14/h8-9,13H,3-7,10H2,1-2H3,(H2,18,25)(H,19,20)/t13-/m1/s1. The molecule has 2 amide bonds.